The number of amides is 1. The van der Waals surface area contributed by atoms with Gasteiger partial charge in [0.05, 0.1) is 11.0 Å². The summed E-state index contributed by atoms with van der Waals surface area (Å²) in [4.78, 5) is 24.2. The minimum atomic E-state index is -0.110. The SMILES string of the molecule is Cn1c(=O)n(C)c2cc(C(=O)NCCCc3ccccc3)ccc21. The van der Waals surface area contributed by atoms with E-state index in [1.54, 1.807) is 35.4 Å². The van der Waals surface area contributed by atoms with Gasteiger partial charge in [-0.15, -0.1) is 0 Å². The third-order valence-electron chi connectivity index (χ3n) is 4.30. The van der Waals surface area contributed by atoms with Crippen molar-refractivity contribution < 1.29 is 4.79 Å². The molecular formula is C19H21N3O2. The third-order valence-corrected chi connectivity index (χ3v) is 4.30. The van der Waals surface area contributed by atoms with Gasteiger partial charge in [0, 0.05) is 26.2 Å². The number of rotatable bonds is 5. The fourth-order valence-corrected chi connectivity index (χ4v) is 2.89. The van der Waals surface area contributed by atoms with Crippen LogP contribution in [0.15, 0.2) is 53.3 Å². The molecule has 1 aromatic heterocycles. The van der Waals surface area contributed by atoms with Crippen molar-refractivity contribution in [2.75, 3.05) is 6.54 Å². The summed E-state index contributed by atoms with van der Waals surface area (Å²) in [6.07, 6.45) is 1.83. The van der Waals surface area contributed by atoms with E-state index in [1.807, 2.05) is 24.3 Å². The fraction of sp³-hybridized carbons (Fsp3) is 0.263. The average Bonchev–Trinajstić information content (AvgIpc) is 2.83. The molecule has 5 nitrogen and oxygen atoms in total. The van der Waals surface area contributed by atoms with E-state index in [-0.39, 0.29) is 11.6 Å². The van der Waals surface area contributed by atoms with Gasteiger partial charge in [-0.3, -0.25) is 13.9 Å². The molecule has 0 aliphatic carbocycles. The molecule has 0 saturated heterocycles. The number of hydrogen-bond donors (Lipinski definition) is 1. The Bertz CT molecular complexity index is 923. The predicted molar refractivity (Wildman–Crippen MR) is 95.3 cm³/mol. The van der Waals surface area contributed by atoms with Gasteiger partial charge in [0.25, 0.3) is 5.91 Å². The number of fused-ring (bicyclic) bond motifs is 1. The van der Waals surface area contributed by atoms with Crippen LogP contribution in [0.4, 0.5) is 0 Å². The van der Waals surface area contributed by atoms with Crippen LogP contribution in [0.25, 0.3) is 11.0 Å². The summed E-state index contributed by atoms with van der Waals surface area (Å²) >= 11 is 0. The molecule has 0 radical (unpaired) electrons. The highest BCUT2D eigenvalue weighted by Gasteiger charge is 2.11. The number of carbonyl (C=O) groups excluding carboxylic acids is 1. The lowest BCUT2D eigenvalue weighted by Gasteiger charge is -2.06. The van der Waals surface area contributed by atoms with E-state index >= 15 is 0 Å². The quantitative estimate of drug-likeness (QED) is 0.732. The number of aryl methyl sites for hydroxylation is 3. The minimum absolute atomic E-state index is 0.0922. The van der Waals surface area contributed by atoms with Crippen LogP contribution < -0.4 is 11.0 Å². The Hall–Kier alpha value is -2.82. The molecule has 124 valence electrons. The van der Waals surface area contributed by atoms with E-state index in [9.17, 15) is 9.59 Å². The van der Waals surface area contributed by atoms with Crippen LogP contribution in [0.2, 0.25) is 0 Å². The zero-order valence-electron chi connectivity index (χ0n) is 14.0. The molecule has 0 aliphatic rings. The Morgan fingerprint density at radius 1 is 1.00 bits per heavy atom. The van der Waals surface area contributed by atoms with E-state index in [0.717, 1.165) is 23.9 Å². The van der Waals surface area contributed by atoms with Crippen LogP contribution in [0.1, 0.15) is 22.3 Å². The second-order valence-electron chi connectivity index (χ2n) is 5.95. The van der Waals surface area contributed by atoms with Gasteiger partial charge >= 0.3 is 5.69 Å². The van der Waals surface area contributed by atoms with Crippen LogP contribution in [-0.2, 0) is 20.5 Å². The topological polar surface area (TPSA) is 56.0 Å². The Kier molecular flexibility index (Phi) is 4.51. The zero-order valence-corrected chi connectivity index (χ0v) is 14.0. The van der Waals surface area contributed by atoms with Crippen LogP contribution >= 0.6 is 0 Å². The summed E-state index contributed by atoms with van der Waals surface area (Å²) in [5.74, 6) is -0.110. The van der Waals surface area contributed by atoms with Gasteiger partial charge in [-0.1, -0.05) is 30.3 Å². The molecule has 1 heterocycles. The third kappa shape index (κ3) is 3.11. The van der Waals surface area contributed by atoms with E-state index in [4.69, 9.17) is 0 Å². The molecule has 24 heavy (non-hydrogen) atoms. The highest BCUT2D eigenvalue weighted by atomic mass is 16.2. The van der Waals surface area contributed by atoms with E-state index in [0.29, 0.717) is 12.1 Å². The molecule has 1 N–H and O–H groups in total. The monoisotopic (exact) mass is 323 g/mol. The van der Waals surface area contributed by atoms with Gasteiger partial charge in [0.1, 0.15) is 0 Å². The molecule has 0 saturated carbocycles. The van der Waals surface area contributed by atoms with Crippen molar-refractivity contribution >= 4 is 16.9 Å². The van der Waals surface area contributed by atoms with Crippen molar-refractivity contribution in [3.63, 3.8) is 0 Å². The maximum absolute atomic E-state index is 12.3. The second kappa shape index (κ2) is 6.74. The average molecular weight is 323 g/mol. The van der Waals surface area contributed by atoms with Gasteiger partial charge in [-0.2, -0.15) is 0 Å². The highest BCUT2D eigenvalue weighted by molar-refractivity contribution is 5.97. The van der Waals surface area contributed by atoms with Crippen molar-refractivity contribution in [3.8, 4) is 0 Å². The Morgan fingerprint density at radius 3 is 2.46 bits per heavy atom. The van der Waals surface area contributed by atoms with Crippen LogP contribution in [0.5, 0.6) is 0 Å². The van der Waals surface area contributed by atoms with Gasteiger partial charge < -0.3 is 5.32 Å². The normalized spacial score (nSPS) is 10.9. The van der Waals surface area contributed by atoms with Crippen molar-refractivity contribution in [1.82, 2.24) is 14.5 Å². The van der Waals surface area contributed by atoms with Crippen molar-refractivity contribution in [2.45, 2.75) is 12.8 Å². The number of hydrogen-bond acceptors (Lipinski definition) is 2. The summed E-state index contributed by atoms with van der Waals surface area (Å²) < 4.78 is 3.14. The summed E-state index contributed by atoms with van der Waals surface area (Å²) in [6.45, 7) is 0.624. The smallest absolute Gasteiger partial charge is 0.328 e. The number of benzene rings is 2. The first-order valence-electron chi connectivity index (χ1n) is 8.05. The molecule has 0 aliphatic heterocycles. The first kappa shape index (κ1) is 16.1. The minimum Gasteiger partial charge on any atom is -0.352 e. The molecule has 3 aromatic rings. The number of aromatic nitrogens is 2. The summed E-state index contributed by atoms with van der Waals surface area (Å²) in [6, 6.07) is 15.6. The second-order valence-corrected chi connectivity index (χ2v) is 5.95. The lowest BCUT2D eigenvalue weighted by molar-refractivity contribution is 0.0953. The van der Waals surface area contributed by atoms with E-state index in [1.165, 1.54) is 5.56 Å². The maximum atomic E-state index is 12.3. The molecule has 0 fully saturated rings. The molecule has 0 bridgehead atoms. The van der Waals surface area contributed by atoms with Crippen LogP contribution in [0, 0.1) is 0 Å². The van der Waals surface area contributed by atoms with Gasteiger partial charge in [0.2, 0.25) is 0 Å². The zero-order chi connectivity index (χ0) is 17.1. The molecule has 0 atom stereocenters. The maximum Gasteiger partial charge on any atom is 0.328 e. The molecule has 0 unspecified atom stereocenters. The summed E-state index contributed by atoms with van der Waals surface area (Å²) in [5, 5.41) is 2.94. The summed E-state index contributed by atoms with van der Waals surface area (Å²) in [7, 11) is 3.44. The highest BCUT2D eigenvalue weighted by Crippen LogP contribution is 2.14. The summed E-state index contributed by atoms with van der Waals surface area (Å²) in [5.41, 5.74) is 3.34. The standard InChI is InChI=1S/C19H21N3O2/c1-21-16-11-10-15(13-17(16)22(2)19(21)24)18(23)20-12-6-9-14-7-4-3-5-8-14/h3-5,7-8,10-11,13H,6,9,12H2,1-2H3,(H,20,23). The lowest BCUT2D eigenvalue weighted by atomic mass is 10.1. The van der Waals surface area contributed by atoms with E-state index < -0.39 is 0 Å². The Balaban J connectivity index is 1.64. The predicted octanol–water partition coefficient (Wildman–Crippen LogP) is 2.24. The Morgan fingerprint density at radius 2 is 1.71 bits per heavy atom. The fourth-order valence-electron chi connectivity index (χ4n) is 2.89. The Labute approximate surface area is 140 Å². The molecule has 1 amide bonds. The van der Waals surface area contributed by atoms with Crippen LogP contribution in [0.3, 0.4) is 0 Å². The van der Waals surface area contributed by atoms with E-state index in [2.05, 4.69) is 17.4 Å². The first-order chi connectivity index (χ1) is 11.6. The van der Waals surface area contributed by atoms with Crippen molar-refractivity contribution in [2.24, 2.45) is 14.1 Å². The molecule has 2 aromatic carbocycles. The largest absolute Gasteiger partial charge is 0.352 e. The van der Waals surface area contributed by atoms with Gasteiger partial charge in [-0.05, 0) is 36.6 Å². The molecule has 3 rings (SSSR count). The van der Waals surface area contributed by atoms with Crippen molar-refractivity contribution in [3.05, 3.63) is 70.1 Å². The molecule has 5 heteroatoms. The number of carbonyl (C=O) groups is 1. The molecule has 0 spiro atoms. The lowest BCUT2D eigenvalue weighted by Crippen LogP contribution is -2.24. The number of nitrogens with one attached hydrogen (secondary N) is 1. The number of nitrogens with zero attached hydrogens (tertiary/aromatic N) is 2. The first-order valence-corrected chi connectivity index (χ1v) is 8.05. The van der Waals surface area contributed by atoms with Crippen LogP contribution in [-0.4, -0.2) is 21.6 Å². The van der Waals surface area contributed by atoms with Gasteiger partial charge in [-0.25, -0.2) is 4.79 Å². The van der Waals surface area contributed by atoms with Crippen molar-refractivity contribution in [1.29, 1.82) is 0 Å². The van der Waals surface area contributed by atoms with Gasteiger partial charge in [0.15, 0.2) is 0 Å². The number of imidazole rings is 1. The molecular weight excluding hydrogens is 302 g/mol.